The van der Waals surface area contributed by atoms with Crippen molar-refractivity contribution in [1.29, 1.82) is 0 Å². The van der Waals surface area contributed by atoms with Crippen molar-refractivity contribution in [3.63, 3.8) is 0 Å². The SMILES string of the molecule is CN(CC(=O)Nc1cccc(C(F)(F)F)c1)S(=O)(=O)c1ccc2ccccc2c1. The van der Waals surface area contributed by atoms with Crippen LogP contribution in [0.15, 0.2) is 71.6 Å². The average Bonchev–Trinajstić information content (AvgIpc) is 2.67. The molecule has 0 heterocycles. The van der Waals surface area contributed by atoms with Crippen LogP contribution in [0.1, 0.15) is 5.56 Å². The summed E-state index contributed by atoms with van der Waals surface area (Å²) in [5.74, 6) is -0.754. The molecule has 0 saturated heterocycles. The van der Waals surface area contributed by atoms with Crippen LogP contribution in [0, 0.1) is 0 Å². The molecule has 29 heavy (non-hydrogen) atoms. The molecule has 3 rings (SSSR count). The maximum atomic E-state index is 12.8. The van der Waals surface area contributed by atoms with Gasteiger partial charge in [-0.2, -0.15) is 17.5 Å². The van der Waals surface area contributed by atoms with E-state index in [9.17, 15) is 26.4 Å². The topological polar surface area (TPSA) is 66.5 Å². The minimum absolute atomic E-state index is 0.0190. The molecule has 1 amide bonds. The van der Waals surface area contributed by atoms with Crippen LogP contribution in [0.4, 0.5) is 18.9 Å². The van der Waals surface area contributed by atoms with Crippen LogP contribution in [-0.2, 0) is 21.0 Å². The van der Waals surface area contributed by atoms with E-state index in [4.69, 9.17) is 0 Å². The Balaban J connectivity index is 1.74. The third-order valence-corrected chi connectivity index (χ3v) is 6.07. The predicted molar refractivity (Wildman–Crippen MR) is 104 cm³/mol. The van der Waals surface area contributed by atoms with Crippen molar-refractivity contribution in [3.05, 3.63) is 72.3 Å². The summed E-state index contributed by atoms with van der Waals surface area (Å²) in [5.41, 5.74) is -0.978. The number of likely N-dealkylation sites (N-methyl/N-ethyl adjacent to an activating group) is 1. The van der Waals surface area contributed by atoms with Gasteiger partial charge in [-0.05, 0) is 41.1 Å². The summed E-state index contributed by atoms with van der Waals surface area (Å²) in [6.07, 6.45) is -4.54. The lowest BCUT2D eigenvalue weighted by Crippen LogP contribution is -2.35. The van der Waals surface area contributed by atoms with Crippen LogP contribution in [0.3, 0.4) is 0 Å². The number of fused-ring (bicyclic) bond motifs is 1. The van der Waals surface area contributed by atoms with Crippen molar-refractivity contribution in [2.75, 3.05) is 18.9 Å². The molecule has 0 aromatic heterocycles. The molecule has 0 radical (unpaired) electrons. The third-order valence-electron chi connectivity index (χ3n) is 4.27. The van der Waals surface area contributed by atoms with Gasteiger partial charge in [0.1, 0.15) is 0 Å². The van der Waals surface area contributed by atoms with Gasteiger partial charge in [-0.1, -0.05) is 36.4 Å². The molecule has 152 valence electrons. The monoisotopic (exact) mass is 422 g/mol. The minimum atomic E-state index is -4.54. The summed E-state index contributed by atoms with van der Waals surface area (Å²) in [5, 5.41) is 3.90. The summed E-state index contributed by atoms with van der Waals surface area (Å²) in [7, 11) is -2.72. The minimum Gasteiger partial charge on any atom is -0.325 e. The molecule has 0 aliphatic heterocycles. The van der Waals surface area contributed by atoms with Gasteiger partial charge in [0.2, 0.25) is 15.9 Å². The summed E-state index contributed by atoms with van der Waals surface area (Å²) in [6.45, 7) is -0.550. The maximum Gasteiger partial charge on any atom is 0.416 e. The summed E-state index contributed by atoms with van der Waals surface area (Å²) < 4.78 is 64.7. The van der Waals surface area contributed by atoms with Crippen LogP contribution < -0.4 is 5.32 Å². The smallest absolute Gasteiger partial charge is 0.325 e. The van der Waals surface area contributed by atoms with E-state index in [1.807, 2.05) is 12.1 Å². The molecule has 3 aromatic rings. The Kier molecular flexibility index (Phi) is 5.63. The Labute approximate surface area is 165 Å². The van der Waals surface area contributed by atoms with E-state index in [0.717, 1.165) is 33.3 Å². The number of hydrogen-bond donors (Lipinski definition) is 1. The van der Waals surface area contributed by atoms with Gasteiger partial charge in [-0.25, -0.2) is 8.42 Å². The molecule has 9 heteroatoms. The Morgan fingerprint density at radius 3 is 2.34 bits per heavy atom. The lowest BCUT2D eigenvalue weighted by molar-refractivity contribution is -0.137. The van der Waals surface area contributed by atoms with Crippen molar-refractivity contribution < 1.29 is 26.4 Å². The van der Waals surface area contributed by atoms with Gasteiger partial charge in [0.15, 0.2) is 0 Å². The fraction of sp³-hybridized carbons (Fsp3) is 0.150. The lowest BCUT2D eigenvalue weighted by atomic mass is 10.1. The zero-order chi connectivity index (χ0) is 21.2. The molecule has 0 aliphatic rings. The van der Waals surface area contributed by atoms with Gasteiger partial charge in [0.25, 0.3) is 0 Å². The zero-order valence-electron chi connectivity index (χ0n) is 15.3. The Bertz CT molecular complexity index is 1160. The molecule has 0 spiro atoms. The molecule has 0 saturated carbocycles. The second-order valence-corrected chi connectivity index (χ2v) is 8.44. The van der Waals surface area contributed by atoms with E-state index < -0.39 is 34.2 Å². The highest BCUT2D eigenvalue weighted by Gasteiger charge is 2.30. The molecular weight excluding hydrogens is 405 g/mol. The van der Waals surface area contributed by atoms with E-state index in [0.29, 0.717) is 0 Å². The average molecular weight is 422 g/mol. The van der Waals surface area contributed by atoms with Crippen molar-refractivity contribution >= 4 is 32.4 Å². The highest BCUT2D eigenvalue weighted by molar-refractivity contribution is 7.89. The van der Waals surface area contributed by atoms with Crippen LogP contribution in [0.2, 0.25) is 0 Å². The van der Waals surface area contributed by atoms with E-state index >= 15 is 0 Å². The summed E-state index contributed by atoms with van der Waals surface area (Å²) in [6, 6.07) is 16.0. The number of carbonyl (C=O) groups is 1. The number of hydrogen-bond acceptors (Lipinski definition) is 3. The Morgan fingerprint density at radius 2 is 1.66 bits per heavy atom. The first-order valence-corrected chi connectivity index (χ1v) is 9.93. The van der Waals surface area contributed by atoms with E-state index in [-0.39, 0.29) is 10.6 Å². The van der Waals surface area contributed by atoms with Gasteiger partial charge in [0.05, 0.1) is 17.0 Å². The molecule has 5 nitrogen and oxygen atoms in total. The molecule has 0 fully saturated rings. The van der Waals surface area contributed by atoms with Crippen molar-refractivity contribution in [3.8, 4) is 0 Å². The molecule has 0 unspecified atom stereocenters. The molecule has 3 aromatic carbocycles. The fourth-order valence-electron chi connectivity index (χ4n) is 2.77. The van der Waals surface area contributed by atoms with Crippen LogP contribution in [-0.4, -0.2) is 32.2 Å². The first kappa shape index (κ1) is 20.8. The van der Waals surface area contributed by atoms with Crippen molar-refractivity contribution in [2.45, 2.75) is 11.1 Å². The fourth-order valence-corrected chi connectivity index (χ4v) is 3.93. The number of anilines is 1. The second kappa shape index (κ2) is 7.84. The van der Waals surface area contributed by atoms with Crippen molar-refractivity contribution in [2.24, 2.45) is 0 Å². The Hall–Kier alpha value is -2.91. The van der Waals surface area contributed by atoms with Gasteiger partial charge >= 0.3 is 6.18 Å². The number of alkyl halides is 3. The van der Waals surface area contributed by atoms with Gasteiger partial charge in [-0.15, -0.1) is 0 Å². The van der Waals surface area contributed by atoms with E-state index in [2.05, 4.69) is 5.32 Å². The van der Waals surface area contributed by atoms with Crippen LogP contribution >= 0.6 is 0 Å². The van der Waals surface area contributed by atoms with Crippen LogP contribution in [0.25, 0.3) is 10.8 Å². The van der Waals surface area contributed by atoms with Gasteiger partial charge in [-0.3, -0.25) is 4.79 Å². The van der Waals surface area contributed by atoms with Gasteiger partial charge in [0, 0.05) is 12.7 Å². The molecule has 0 atom stereocenters. The molecule has 0 aliphatic carbocycles. The number of nitrogens with one attached hydrogen (secondary N) is 1. The normalized spacial score (nSPS) is 12.3. The van der Waals surface area contributed by atoms with E-state index in [1.54, 1.807) is 18.2 Å². The number of nitrogens with zero attached hydrogens (tertiary/aromatic N) is 1. The van der Waals surface area contributed by atoms with E-state index in [1.165, 1.54) is 25.2 Å². The summed E-state index contributed by atoms with van der Waals surface area (Å²) in [4.78, 5) is 12.2. The number of sulfonamides is 1. The molecule has 0 bridgehead atoms. The number of amides is 1. The number of halogens is 3. The first-order chi connectivity index (χ1) is 13.6. The highest BCUT2D eigenvalue weighted by atomic mass is 32.2. The molecular formula is C20H17F3N2O3S. The lowest BCUT2D eigenvalue weighted by Gasteiger charge is -2.17. The quantitative estimate of drug-likeness (QED) is 0.673. The highest BCUT2D eigenvalue weighted by Crippen LogP contribution is 2.30. The standard InChI is InChI=1S/C20H17F3N2O3S/c1-25(13-19(26)24-17-8-4-7-16(12-17)20(21,22)23)29(27,28)18-10-9-14-5-2-3-6-15(14)11-18/h2-12H,13H2,1H3,(H,24,26). The number of benzene rings is 3. The largest absolute Gasteiger partial charge is 0.416 e. The third kappa shape index (κ3) is 4.75. The zero-order valence-corrected chi connectivity index (χ0v) is 16.1. The predicted octanol–water partition coefficient (Wildman–Crippen LogP) is 4.12. The van der Waals surface area contributed by atoms with Crippen LogP contribution in [0.5, 0.6) is 0 Å². The molecule has 1 N–H and O–H groups in total. The first-order valence-electron chi connectivity index (χ1n) is 8.49. The Morgan fingerprint density at radius 1 is 0.966 bits per heavy atom. The van der Waals surface area contributed by atoms with Crippen molar-refractivity contribution in [1.82, 2.24) is 4.31 Å². The maximum absolute atomic E-state index is 12.8. The summed E-state index contributed by atoms with van der Waals surface area (Å²) >= 11 is 0. The number of rotatable bonds is 5. The van der Waals surface area contributed by atoms with Gasteiger partial charge < -0.3 is 5.32 Å². The second-order valence-electron chi connectivity index (χ2n) is 6.40. The number of carbonyl (C=O) groups excluding carboxylic acids is 1.